The lowest BCUT2D eigenvalue weighted by molar-refractivity contribution is 0.136. The van der Waals surface area contributed by atoms with E-state index < -0.39 is 18.1 Å². The number of hydrogen-bond donors (Lipinski definition) is 1. The third-order valence-electron chi connectivity index (χ3n) is 3.13. The van der Waals surface area contributed by atoms with Gasteiger partial charge in [-0.2, -0.15) is 14.9 Å². The van der Waals surface area contributed by atoms with Gasteiger partial charge in [-0.1, -0.05) is 11.6 Å². The lowest BCUT2D eigenvalue weighted by atomic mass is 10.3. The van der Waals surface area contributed by atoms with E-state index in [4.69, 9.17) is 33.0 Å². The van der Waals surface area contributed by atoms with E-state index in [2.05, 4.69) is 15.3 Å². The molecule has 2 aromatic heterocycles. The highest BCUT2D eigenvalue weighted by Gasteiger charge is 2.16. The van der Waals surface area contributed by atoms with Crippen LogP contribution in [0.1, 0.15) is 23.8 Å². The number of rotatable bonds is 6. The number of ether oxygens (including phenoxy) is 1. The Morgan fingerprint density at radius 3 is 2.92 bits per heavy atom. The summed E-state index contributed by atoms with van der Waals surface area (Å²) in [5, 5.41) is 9.42. The van der Waals surface area contributed by atoms with Gasteiger partial charge >= 0.3 is 0 Å². The van der Waals surface area contributed by atoms with Gasteiger partial charge < -0.3 is 9.15 Å². The molecule has 0 saturated heterocycles. The van der Waals surface area contributed by atoms with E-state index in [1.165, 1.54) is 24.4 Å². The highest BCUT2D eigenvalue weighted by Crippen LogP contribution is 2.22. The van der Waals surface area contributed by atoms with Crippen LogP contribution in [0, 0.1) is 10.6 Å². The van der Waals surface area contributed by atoms with Gasteiger partial charge in [-0.25, -0.2) is 18.3 Å². The summed E-state index contributed by atoms with van der Waals surface area (Å²) < 4.78 is 50.3. The SMILES string of the molecule is Fc1ccc(OCc2ccc(/C=N\n3c(C(F)F)n[nH]c3=S)o2)cc1Cl. The molecule has 0 spiro atoms. The zero-order valence-corrected chi connectivity index (χ0v) is 14.4. The van der Waals surface area contributed by atoms with Crippen molar-refractivity contribution < 1.29 is 22.3 Å². The monoisotopic (exact) mass is 402 g/mol. The second-order valence-corrected chi connectivity index (χ2v) is 5.71. The van der Waals surface area contributed by atoms with E-state index in [1.54, 1.807) is 12.1 Å². The smallest absolute Gasteiger partial charge is 0.299 e. The van der Waals surface area contributed by atoms with Crippen molar-refractivity contribution in [3.05, 3.63) is 63.3 Å². The Bertz CT molecular complexity index is 999. The molecule has 2 heterocycles. The molecule has 1 aromatic carbocycles. The van der Waals surface area contributed by atoms with E-state index in [0.717, 1.165) is 4.68 Å². The molecule has 0 amide bonds. The van der Waals surface area contributed by atoms with Crippen LogP contribution in [-0.2, 0) is 6.61 Å². The van der Waals surface area contributed by atoms with E-state index in [0.29, 0.717) is 17.3 Å². The van der Waals surface area contributed by atoms with Gasteiger partial charge in [0, 0.05) is 6.07 Å². The fraction of sp³-hybridized carbons (Fsp3) is 0.133. The first kappa shape index (κ1) is 18.2. The highest BCUT2D eigenvalue weighted by atomic mass is 35.5. The Hall–Kier alpha value is -2.59. The summed E-state index contributed by atoms with van der Waals surface area (Å²) in [4.78, 5) is 0. The third kappa shape index (κ3) is 4.14. The van der Waals surface area contributed by atoms with E-state index in [-0.39, 0.29) is 16.4 Å². The minimum absolute atomic E-state index is 0.0542. The predicted molar refractivity (Wildman–Crippen MR) is 89.8 cm³/mol. The molecule has 3 rings (SSSR count). The van der Waals surface area contributed by atoms with Crippen LogP contribution >= 0.6 is 23.8 Å². The quantitative estimate of drug-likeness (QED) is 0.478. The zero-order chi connectivity index (χ0) is 18.7. The van der Waals surface area contributed by atoms with Crippen molar-refractivity contribution in [2.75, 3.05) is 0 Å². The molecule has 136 valence electrons. The Kier molecular flexibility index (Phi) is 5.43. The molecule has 11 heteroatoms. The van der Waals surface area contributed by atoms with Crippen molar-refractivity contribution in [3.8, 4) is 5.75 Å². The number of hydrogen-bond acceptors (Lipinski definition) is 5. The van der Waals surface area contributed by atoms with E-state index in [9.17, 15) is 13.2 Å². The van der Waals surface area contributed by atoms with Crippen molar-refractivity contribution in [1.29, 1.82) is 0 Å². The van der Waals surface area contributed by atoms with Crippen LogP contribution in [0.2, 0.25) is 5.02 Å². The molecule has 0 fully saturated rings. The van der Waals surface area contributed by atoms with Crippen molar-refractivity contribution in [3.63, 3.8) is 0 Å². The van der Waals surface area contributed by atoms with Gasteiger partial charge in [0.2, 0.25) is 10.6 Å². The van der Waals surface area contributed by atoms with Gasteiger partial charge in [0.1, 0.15) is 29.7 Å². The van der Waals surface area contributed by atoms with Crippen molar-refractivity contribution in [2.45, 2.75) is 13.0 Å². The van der Waals surface area contributed by atoms with E-state index in [1.807, 2.05) is 0 Å². The second-order valence-electron chi connectivity index (χ2n) is 4.91. The molecule has 0 bridgehead atoms. The maximum atomic E-state index is 13.1. The molecule has 26 heavy (non-hydrogen) atoms. The molecule has 0 radical (unpaired) electrons. The first-order valence-electron chi connectivity index (χ1n) is 7.10. The molecule has 0 aliphatic rings. The number of nitrogens with one attached hydrogen (secondary N) is 1. The van der Waals surface area contributed by atoms with Gasteiger partial charge in [-0.05, 0) is 36.5 Å². The van der Waals surface area contributed by atoms with Crippen LogP contribution in [-0.4, -0.2) is 21.1 Å². The number of aromatic nitrogens is 3. The third-order valence-corrected chi connectivity index (χ3v) is 3.68. The molecule has 6 nitrogen and oxygen atoms in total. The number of nitrogens with zero attached hydrogens (tertiary/aromatic N) is 3. The fourth-order valence-corrected chi connectivity index (χ4v) is 2.29. The number of benzene rings is 1. The van der Waals surface area contributed by atoms with Crippen LogP contribution in [0.15, 0.2) is 39.9 Å². The predicted octanol–water partition coefficient (Wildman–Crippen LogP) is 4.72. The van der Waals surface area contributed by atoms with Crippen molar-refractivity contribution in [1.82, 2.24) is 14.9 Å². The summed E-state index contributed by atoms with van der Waals surface area (Å²) in [6.07, 6.45) is -1.61. The Morgan fingerprint density at radius 2 is 2.19 bits per heavy atom. The molecule has 0 aliphatic heterocycles. The normalized spacial score (nSPS) is 11.6. The van der Waals surface area contributed by atoms with Gasteiger partial charge in [-0.3, -0.25) is 0 Å². The molecule has 1 N–H and O–H groups in total. The van der Waals surface area contributed by atoms with E-state index >= 15 is 0 Å². The summed E-state index contributed by atoms with van der Waals surface area (Å²) in [6, 6.07) is 7.15. The van der Waals surface area contributed by atoms with Crippen LogP contribution in [0.3, 0.4) is 0 Å². The molecule has 0 unspecified atom stereocenters. The van der Waals surface area contributed by atoms with Crippen molar-refractivity contribution in [2.24, 2.45) is 5.10 Å². The molecule has 0 atom stereocenters. The molecule has 0 saturated carbocycles. The zero-order valence-electron chi connectivity index (χ0n) is 12.8. The lowest BCUT2D eigenvalue weighted by Crippen LogP contribution is -1.99. The topological polar surface area (TPSA) is 68.3 Å². The lowest BCUT2D eigenvalue weighted by Gasteiger charge is -2.04. The first-order valence-corrected chi connectivity index (χ1v) is 7.89. The largest absolute Gasteiger partial charge is 0.486 e. The fourth-order valence-electron chi connectivity index (χ4n) is 1.93. The molecule has 0 aliphatic carbocycles. The summed E-state index contributed by atoms with van der Waals surface area (Å²) in [5.41, 5.74) is 0. The number of H-pyrrole nitrogens is 1. The highest BCUT2D eigenvalue weighted by molar-refractivity contribution is 7.71. The number of halogens is 4. The molecule has 3 aromatic rings. The van der Waals surface area contributed by atoms with Gasteiger partial charge in [-0.15, -0.1) is 0 Å². The van der Waals surface area contributed by atoms with Crippen LogP contribution in [0.25, 0.3) is 0 Å². The maximum absolute atomic E-state index is 13.1. The van der Waals surface area contributed by atoms with Crippen LogP contribution in [0.4, 0.5) is 13.2 Å². The molecular formula is C15H10ClF3N4O2S. The summed E-state index contributed by atoms with van der Waals surface area (Å²) in [7, 11) is 0. The Morgan fingerprint density at radius 1 is 1.38 bits per heavy atom. The van der Waals surface area contributed by atoms with Crippen molar-refractivity contribution >= 4 is 30.0 Å². The second kappa shape index (κ2) is 7.75. The number of aromatic amines is 1. The minimum Gasteiger partial charge on any atom is -0.486 e. The first-order chi connectivity index (χ1) is 12.4. The van der Waals surface area contributed by atoms with Gasteiger partial charge in [0.25, 0.3) is 6.43 Å². The van der Waals surface area contributed by atoms with Gasteiger partial charge in [0.15, 0.2) is 0 Å². The number of furan rings is 1. The average Bonchev–Trinajstić information content (AvgIpc) is 3.20. The van der Waals surface area contributed by atoms with Crippen LogP contribution in [0.5, 0.6) is 5.75 Å². The standard InChI is InChI=1S/C15H10ClF3N4O2S/c16-11-5-8(3-4-12(11)17)24-7-10-2-1-9(25-10)6-20-23-14(13(18)19)21-22-15(23)26/h1-6,13H,7H2,(H,22,26)/b20-6-. The summed E-state index contributed by atoms with van der Waals surface area (Å²) >= 11 is 10.5. The summed E-state index contributed by atoms with van der Waals surface area (Å²) in [6.45, 7) is 0.0588. The summed E-state index contributed by atoms with van der Waals surface area (Å²) in [5.74, 6) is -0.0405. The Balaban J connectivity index is 1.67. The maximum Gasteiger partial charge on any atom is 0.299 e. The molecular weight excluding hydrogens is 393 g/mol. The number of alkyl halides is 2. The van der Waals surface area contributed by atoms with Gasteiger partial charge in [0.05, 0.1) is 11.2 Å². The average molecular weight is 403 g/mol. The minimum atomic E-state index is -2.83. The van der Waals surface area contributed by atoms with Crippen LogP contribution < -0.4 is 4.74 Å². The Labute approximate surface area is 154 Å².